The van der Waals surface area contributed by atoms with Crippen molar-refractivity contribution in [3.05, 3.63) is 0 Å². The van der Waals surface area contributed by atoms with Gasteiger partial charge in [0.25, 0.3) is 0 Å². The first-order chi connectivity index (χ1) is 19.5. The van der Waals surface area contributed by atoms with E-state index in [2.05, 4.69) is 13.8 Å². The maximum Gasteiger partial charge on any atom is 0.328 e. The first-order valence-electron chi connectivity index (χ1n) is 18.6. The SMILES string of the molecule is CCCCCCCCCCCCCCCCCCC(CCCCCCCCCCCCCCCCC)P(=O)(O)O.[Nd]. The summed E-state index contributed by atoms with van der Waals surface area (Å²) in [5.74, 6) is 0. The minimum absolute atomic E-state index is 0. The fourth-order valence-electron chi connectivity index (χ4n) is 6.16. The van der Waals surface area contributed by atoms with E-state index in [9.17, 15) is 14.4 Å². The van der Waals surface area contributed by atoms with Gasteiger partial charge in [-0.2, -0.15) is 0 Å². The third kappa shape index (κ3) is 35.8. The van der Waals surface area contributed by atoms with Gasteiger partial charge >= 0.3 is 7.60 Å². The molecule has 0 aromatic carbocycles. The van der Waals surface area contributed by atoms with Gasteiger partial charge in [0.1, 0.15) is 0 Å². The average molecular weight is 731 g/mol. The number of rotatable bonds is 34. The van der Waals surface area contributed by atoms with Gasteiger partial charge in [-0.15, -0.1) is 0 Å². The van der Waals surface area contributed by atoms with Crippen molar-refractivity contribution in [2.75, 3.05) is 0 Å². The zero-order chi connectivity index (χ0) is 29.4. The standard InChI is InChI=1S/C36H75O3P.Nd/c1-3-5-7-9-11-13-15-17-19-21-23-25-27-29-31-33-35-36(40(37,38)39)34-32-30-28-26-24-22-20-18-16-14-12-10-8-6-4-2;/h36H,3-35H2,1-2H3,(H2,37,38,39);. The van der Waals surface area contributed by atoms with Crippen molar-refractivity contribution in [3.63, 3.8) is 0 Å². The van der Waals surface area contributed by atoms with E-state index in [-0.39, 0.29) is 40.8 Å². The van der Waals surface area contributed by atoms with Crippen LogP contribution in [0.1, 0.15) is 226 Å². The molecule has 0 aromatic heterocycles. The summed E-state index contributed by atoms with van der Waals surface area (Å²) in [4.78, 5) is 19.7. The maximum atomic E-state index is 12.0. The average Bonchev–Trinajstić information content (AvgIpc) is 2.93. The van der Waals surface area contributed by atoms with E-state index >= 15 is 0 Å². The van der Waals surface area contributed by atoms with Gasteiger partial charge in [-0.3, -0.25) is 4.57 Å². The van der Waals surface area contributed by atoms with Gasteiger partial charge in [-0.05, 0) is 12.8 Å². The second-order valence-electron chi connectivity index (χ2n) is 13.1. The topological polar surface area (TPSA) is 57.5 Å². The van der Waals surface area contributed by atoms with Crippen molar-refractivity contribution in [1.82, 2.24) is 0 Å². The van der Waals surface area contributed by atoms with Crippen LogP contribution in [-0.4, -0.2) is 15.4 Å². The molecule has 0 aliphatic rings. The maximum absolute atomic E-state index is 12.0. The van der Waals surface area contributed by atoms with Gasteiger partial charge in [-0.1, -0.05) is 213 Å². The molecule has 41 heavy (non-hydrogen) atoms. The zero-order valence-corrected chi connectivity index (χ0v) is 32.3. The van der Waals surface area contributed by atoms with Crippen LogP contribution in [0.2, 0.25) is 0 Å². The molecule has 0 saturated carbocycles. The van der Waals surface area contributed by atoms with Crippen LogP contribution in [0.5, 0.6) is 0 Å². The van der Waals surface area contributed by atoms with E-state index in [1.807, 2.05) is 0 Å². The first kappa shape index (κ1) is 44.6. The van der Waals surface area contributed by atoms with E-state index in [0.29, 0.717) is 12.8 Å². The summed E-state index contributed by atoms with van der Waals surface area (Å²) in [6, 6.07) is 0. The summed E-state index contributed by atoms with van der Waals surface area (Å²) in [5, 5.41) is 0. The molecule has 0 bridgehead atoms. The monoisotopic (exact) mass is 728 g/mol. The summed E-state index contributed by atoms with van der Waals surface area (Å²) < 4.78 is 12.0. The molecular formula is C36H75NdO3P. The summed E-state index contributed by atoms with van der Waals surface area (Å²) >= 11 is 0. The Bertz CT molecular complexity index is 525. The van der Waals surface area contributed by atoms with Gasteiger partial charge < -0.3 is 9.79 Å². The molecule has 0 aliphatic carbocycles. The molecule has 0 heterocycles. The third-order valence-electron chi connectivity index (χ3n) is 9.01. The van der Waals surface area contributed by atoms with Crippen molar-refractivity contribution < 1.29 is 55.2 Å². The molecular weight excluding hydrogens is 656 g/mol. The quantitative estimate of drug-likeness (QED) is 0.0512. The van der Waals surface area contributed by atoms with E-state index < -0.39 is 13.3 Å². The Balaban J connectivity index is 0. The first-order valence-corrected chi connectivity index (χ1v) is 20.3. The Morgan fingerprint density at radius 2 is 0.537 bits per heavy atom. The molecule has 1 unspecified atom stereocenters. The molecule has 0 aromatic rings. The zero-order valence-electron chi connectivity index (χ0n) is 28.2. The minimum Gasteiger partial charge on any atom is -0.324 e. The predicted molar refractivity (Wildman–Crippen MR) is 180 cm³/mol. The van der Waals surface area contributed by atoms with Crippen LogP contribution >= 0.6 is 7.60 Å². The molecule has 0 amide bonds. The van der Waals surface area contributed by atoms with E-state index in [1.54, 1.807) is 0 Å². The van der Waals surface area contributed by atoms with Crippen LogP contribution < -0.4 is 0 Å². The Kier molecular flexibility index (Phi) is 39.2. The van der Waals surface area contributed by atoms with Gasteiger partial charge in [0.2, 0.25) is 0 Å². The van der Waals surface area contributed by atoms with Gasteiger partial charge in [0.15, 0.2) is 0 Å². The number of hydrogen-bond acceptors (Lipinski definition) is 1. The van der Waals surface area contributed by atoms with Crippen molar-refractivity contribution in [2.24, 2.45) is 0 Å². The molecule has 5 heteroatoms. The molecule has 0 aliphatic heterocycles. The fraction of sp³-hybridized carbons (Fsp3) is 1.00. The summed E-state index contributed by atoms with van der Waals surface area (Å²) in [7, 11) is -3.95. The van der Waals surface area contributed by atoms with Crippen LogP contribution in [-0.2, 0) is 4.57 Å². The molecule has 2 N–H and O–H groups in total. The predicted octanol–water partition coefficient (Wildman–Crippen LogP) is 13.4. The van der Waals surface area contributed by atoms with Crippen molar-refractivity contribution in [3.8, 4) is 0 Å². The van der Waals surface area contributed by atoms with E-state index in [0.717, 1.165) is 25.7 Å². The molecule has 0 radical (unpaired) electrons. The van der Waals surface area contributed by atoms with Gasteiger partial charge in [0, 0.05) is 40.8 Å². The van der Waals surface area contributed by atoms with Crippen molar-refractivity contribution in [1.29, 1.82) is 0 Å². The molecule has 0 fully saturated rings. The van der Waals surface area contributed by atoms with Crippen LogP contribution in [0.25, 0.3) is 0 Å². The fourth-order valence-corrected chi connectivity index (χ4v) is 7.20. The number of hydrogen-bond donors (Lipinski definition) is 2. The largest absolute Gasteiger partial charge is 0.328 e. The van der Waals surface area contributed by atoms with Crippen molar-refractivity contribution in [2.45, 2.75) is 231 Å². The van der Waals surface area contributed by atoms with Crippen molar-refractivity contribution >= 4 is 7.60 Å². The molecule has 0 rings (SSSR count). The molecule has 246 valence electrons. The Hall–Kier alpha value is 1.50. The summed E-state index contributed by atoms with van der Waals surface area (Å²) in [6.45, 7) is 4.56. The Morgan fingerprint density at radius 1 is 0.366 bits per heavy atom. The van der Waals surface area contributed by atoms with Gasteiger partial charge in [0.05, 0.1) is 5.66 Å². The smallest absolute Gasteiger partial charge is 0.324 e. The second-order valence-corrected chi connectivity index (χ2v) is 15.0. The van der Waals surface area contributed by atoms with Crippen LogP contribution in [0.3, 0.4) is 0 Å². The molecule has 0 spiro atoms. The van der Waals surface area contributed by atoms with Gasteiger partial charge in [-0.25, -0.2) is 0 Å². The Morgan fingerprint density at radius 3 is 0.707 bits per heavy atom. The normalized spacial score (nSPS) is 12.5. The van der Waals surface area contributed by atoms with E-state index in [4.69, 9.17) is 0 Å². The van der Waals surface area contributed by atoms with E-state index in [1.165, 1.54) is 173 Å². The summed E-state index contributed by atoms with van der Waals surface area (Å²) in [6.07, 6.45) is 42.8. The number of unbranched alkanes of at least 4 members (excludes halogenated alkanes) is 29. The van der Waals surface area contributed by atoms with Crippen LogP contribution in [0.15, 0.2) is 0 Å². The molecule has 0 saturated heterocycles. The van der Waals surface area contributed by atoms with Crippen LogP contribution in [0, 0.1) is 40.8 Å². The summed E-state index contributed by atoms with van der Waals surface area (Å²) in [5.41, 5.74) is -0.402. The molecule has 1 atom stereocenters. The minimum atomic E-state index is -3.95. The van der Waals surface area contributed by atoms with Crippen LogP contribution in [0.4, 0.5) is 0 Å². The second kappa shape index (κ2) is 36.0. The Labute approximate surface area is 292 Å². The third-order valence-corrected chi connectivity index (χ3v) is 10.5. The molecule has 3 nitrogen and oxygen atoms in total.